The highest BCUT2D eigenvalue weighted by Gasteiger charge is 2.28. The van der Waals surface area contributed by atoms with Crippen molar-refractivity contribution in [3.63, 3.8) is 0 Å². The predicted molar refractivity (Wildman–Crippen MR) is 96.7 cm³/mol. The molecule has 0 unspecified atom stereocenters. The van der Waals surface area contributed by atoms with Crippen molar-refractivity contribution < 1.29 is 22.8 Å². The maximum Gasteiger partial charge on any atom is 0.291 e. The van der Waals surface area contributed by atoms with Crippen LogP contribution in [0.2, 0.25) is 0 Å². The van der Waals surface area contributed by atoms with Crippen molar-refractivity contribution >= 4 is 17.5 Å². The minimum Gasteiger partial charge on any atom is -0.351 e. The summed E-state index contributed by atoms with van der Waals surface area (Å²) >= 11 is 0. The zero-order chi connectivity index (χ0) is 20.3. The summed E-state index contributed by atoms with van der Waals surface area (Å²) in [5.74, 6) is -5.72. The Morgan fingerprint density at radius 1 is 1.14 bits per heavy atom. The van der Waals surface area contributed by atoms with Gasteiger partial charge in [-0.2, -0.15) is 0 Å². The maximum absolute atomic E-state index is 13.9. The monoisotopic (exact) mass is 394 g/mol. The normalized spacial score (nSPS) is 13.1. The number of hydrogen-bond donors (Lipinski definition) is 2. The number of fused-ring (bicyclic) bond motifs is 1. The molecule has 150 valence electrons. The van der Waals surface area contributed by atoms with Gasteiger partial charge >= 0.3 is 0 Å². The zero-order valence-electron chi connectivity index (χ0n) is 15.4. The number of rotatable bonds is 6. The number of nitrogens with zero attached hydrogens (tertiary/aromatic N) is 2. The molecule has 2 amide bonds. The predicted octanol–water partition coefficient (Wildman–Crippen LogP) is 3.42. The Bertz CT molecular complexity index is 911. The number of anilines is 1. The van der Waals surface area contributed by atoms with E-state index in [1.54, 1.807) is 4.57 Å². The molecule has 3 rings (SSSR count). The first-order chi connectivity index (χ1) is 13.4. The van der Waals surface area contributed by atoms with Crippen molar-refractivity contribution in [2.24, 2.45) is 0 Å². The lowest BCUT2D eigenvalue weighted by Gasteiger charge is -2.17. The van der Waals surface area contributed by atoms with Crippen LogP contribution < -0.4 is 10.6 Å². The van der Waals surface area contributed by atoms with Gasteiger partial charge in [0.15, 0.2) is 23.3 Å². The van der Waals surface area contributed by atoms with Gasteiger partial charge in [-0.3, -0.25) is 9.59 Å². The van der Waals surface area contributed by atoms with Crippen LogP contribution in [0.25, 0.3) is 0 Å². The smallest absolute Gasteiger partial charge is 0.291 e. The van der Waals surface area contributed by atoms with Crippen LogP contribution in [-0.4, -0.2) is 27.9 Å². The SMILES string of the molecule is CCCCNC(=O)c1nc(C(=O)Nc2ccc(F)c(F)c2F)n2c1CCCC2. The third kappa shape index (κ3) is 3.88. The summed E-state index contributed by atoms with van der Waals surface area (Å²) in [6, 6.07) is 1.66. The summed E-state index contributed by atoms with van der Waals surface area (Å²) < 4.78 is 42.0. The van der Waals surface area contributed by atoms with Gasteiger partial charge in [-0.05, 0) is 37.8 Å². The summed E-state index contributed by atoms with van der Waals surface area (Å²) in [4.78, 5) is 29.3. The van der Waals surface area contributed by atoms with Crippen LogP contribution in [0.4, 0.5) is 18.9 Å². The van der Waals surface area contributed by atoms with Gasteiger partial charge in [-0.25, -0.2) is 18.2 Å². The molecule has 0 spiro atoms. The molecule has 0 fully saturated rings. The number of carbonyl (C=O) groups is 2. The molecule has 2 aromatic rings. The summed E-state index contributed by atoms with van der Waals surface area (Å²) in [5.41, 5.74) is 0.328. The Labute approximate surface area is 160 Å². The standard InChI is InChI=1S/C19H21F3N4O2/c1-2-3-9-23-18(27)16-13-6-4-5-10-26(13)17(25-16)19(28)24-12-8-7-11(20)14(21)15(12)22/h7-8H,2-6,9-10H2,1H3,(H,23,27)(H,24,28). The van der Waals surface area contributed by atoms with Gasteiger partial charge < -0.3 is 15.2 Å². The van der Waals surface area contributed by atoms with Gasteiger partial charge in [0.1, 0.15) is 5.69 Å². The van der Waals surface area contributed by atoms with Crippen molar-refractivity contribution in [2.45, 2.75) is 45.6 Å². The second-order valence-electron chi connectivity index (χ2n) is 6.63. The molecule has 1 aliphatic rings. The lowest BCUT2D eigenvalue weighted by molar-refractivity contribution is 0.0947. The van der Waals surface area contributed by atoms with Crippen LogP contribution in [0.3, 0.4) is 0 Å². The van der Waals surface area contributed by atoms with Crippen molar-refractivity contribution in [1.29, 1.82) is 0 Å². The van der Waals surface area contributed by atoms with Gasteiger partial charge in [0, 0.05) is 13.1 Å². The molecule has 0 radical (unpaired) electrons. The Morgan fingerprint density at radius 2 is 1.93 bits per heavy atom. The number of amides is 2. The highest BCUT2D eigenvalue weighted by Crippen LogP contribution is 2.24. The van der Waals surface area contributed by atoms with E-state index in [4.69, 9.17) is 0 Å². The van der Waals surface area contributed by atoms with Gasteiger partial charge in [0.2, 0.25) is 0 Å². The number of carbonyl (C=O) groups excluding carboxylic acids is 2. The van der Waals surface area contributed by atoms with Crippen LogP contribution in [0, 0.1) is 17.5 Å². The molecule has 0 saturated heterocycles. The highest BCUT2D eigenvalue weighted by molar-refractivity contribution is 6.03. The number of nitrogens with one attached hydrogen (secondary N) is 2. The third-order valence-corrected chi connectivity index (χ3v) is 4.64. The second kappa shape index (κ2) is 8.45. The molecule has 0 atom stereocenters. The number of hydrogen-bond acceptors (Lipinski definition) is 3. The Kier molecular flexibility index (Phi) is 6.01. The molecule has 2 heterocycles. The number of benzene rings is 1. The molecular weight excluding hydrogens is 373 g/mol. The van der Waals surface area contributed by atoms with Gasteiger partial charge in [-0.15, -0.1) is 0 Å². The maximum atomic E-state index is 13.9. The van der Waals surface area contributed by atoms with Crippen LogP contribution in [0.15, 0.2) is 12.1 Å². The molecule has 1 aromatic carbocycles. The molecule has 0 saturated carbocycles. The Hall–Kier alpha value is -2.84. The molecule has 1 aliphatic heterocycles. The highest BCUT2D eigenvalue weighted by atomic mass is 19.2. The molecule has 0 bridgehead atoms. The van der Waals surface area contributed by atoms with E-state index in [2.05, 4.69) is 15.6 Å². The molecular formula is C19H21F3N4O2. The van der Waals surface area contributed by atoms with E-state index in [-0.39, 0.29) is 17.4 Å². The fourth-order valence-electron chi connectivity index (χ4n) is 3.16. The lowest BCUT2D eigenvalue weighted by atomic mass is 10.1. The molecule has 9 heteroatoms. The van der Waals surface area contributed by atoms with Crippen molar-refractivity contribution in [1.82, 2.24) is 14.9 Å². The van der Waals surface area contributed by atoms with Crippen LogP contribution in [0.1, 0.15) is 59.4 Å². The van der Waals surface area contributed by atoms with E-state index >= 15 is 0 Å². The van der Waals surface area contributed by atoms with Crippen molar-refractivity contribution in [3.8, 4) is 0 Å². The van der Waals surface area contributed by atoms with Gasteiger partial charge in [-0.1, -0.05) is 13.3 Å². The quantitative estimate of drug-likeness (QED) is 0.582. The lowest BCUT2D eigenvalue weighted by Crippen LogP contribution is -2.26. The molecule has 1 aromatic heterocycles. The number of halogens is 3. The minimum absolute atomic E-state index is 0.0560. The molecule has 2 N–H and O–H groups in total. The van der Waals surface area contributed by atoms with E-state index in [0.717, 1.165) is 37.8 Å². The van der Waals surface area contributed by atoms with Crippen LogP contribution in [-0.2, 0) is 13.0 Å². The van der Waals surface area contributed by atoms with E-state index in [9.17, 15) is 22.8 Å². The summed E-state index contributed by atoms with van der Waals surface area (Å²) in [6.45, 7) is 3.00. The fraction of sp³-hybridized carbons (Fsp3) is 0.421. The number of unbranched alkanes of at least 4 members (excludes halogenated alkanes) is 1. The van der Waals surface area contributed by atoms with Crippen molar-refractivity contribution in [2.75, 3.05) is 11.9 Å². The summed E-state index contributed by atoms with van der Waals surface area (Å²) in [6.07, 6.45) is 4.01. The van der Waals surface area contributed by atoms with Crippen LogP contribution >= 0.6 is 0 Å². The number of aromatic nitrogens is 2. The molecule has 28 heavy (non-hydrogen) atoms. The van der Waals surface area contributed by atoms with Crippen molar-refractivity contribution in [3.05, 3.63) is 46.8 Å². The van der Waals surface area contributed by atoms with E-state index in [1.165, 1.54) is 0 Å². The average Bonchev–Trinajstić information content (AvgIpc) is 3.08. The minimum atomic E-state index is -1.67. The number of imidazole rings is 1. The summed E-state index contributed by atoms with van der Waals surface area (Å²) in [5, 5.41) is 4.99. The average molecular weight is 394 g/mol. The molecule has 0 aliphatic carbocycles. The third-order valence-electron chi connectivity index (χ3n) is 4.64. The van der Waals surface area contributed by atoms with E-state index < -0.39 is 29.0 Å². The first-order valence-electron chi connectivity index (χ1n) is 9.26. The topological polar surface area (TPSA) is 76.0 Å². The zero-order valence-corrected chi connectivity index (χ0v) is 15.4. The largest absolute Gasteiger partial charge is 0.351 e. The first kappa shape index (κ1) is 19.9. The fourth-order valence-corrected chi connectivity index (χ4v) is 3.16. The second-order valence-corrected chi connectivity index (χ2v) is 6.63. The Morgan fingerprint density at radius 3 is 2.68 bits per heavy atom. The van der Waals surface area contributed by atoms with E-state index in [0.29, 0.717) is 25.2 Å². The van der Waals surface area contributed by atoms with Gasteiger partial charge in [0.25, 0.3) is 11.8 Å². The first-order valence-corrected chi connectivity index (χ1v) is 9.26. The summed E-state index contributed by atoms with van der Waals surface area (Å²) in [7, 11) is 0. The molecule has 6 nitrogen and oxygen atoms in total. The Balaban J connectivity index is 1.88. The van der Waals surface area contributed by atoms with E-state index in [1.807, 2.05) is 6.92 Å². The van der Waals surface area contributed by atoms with Gasteiger partial charge in [0.05, 0.1) is 11.4 Å². The van der Waals surface area contributed by atoms with Crippen LogP contribution in [0.5, 0.6) is 0 Å².